The second-order valence-electron chi connectivity index (χ2n) is 12.1. The SMILES string of the molecule is COc1cccc(CN(C(=O)CN(c2ccc(Oc3ccccc3)cc2)S(=O)(=O)c2ccc(C)cc2)C(C)C(=O)NC2CCCCC2)c1. The van der Waals surface area contributed by atoms with Gasteiger partial charge >= 0.3 is 0 Å². The zero-order chi connectivity index (χ0) is 34.1. The lowest BCUT2D eigenvalue weighted by atomic mass is 9.95. The molecule has 1 fully saturated rings. The summed E-state index contributed by atoms with van der Waals surface area (Å²) in [6.07, 6.45) is 5.04. The Hall–Kier alpha value is -4.83. The van der Waals surface area contributed by atoms with Gasteiger partial charge in [-0.1, -0.05) is 67.3 Å². The molecule has 0 saturated heterocycles. The number of aryl methyl sites for hydroxylation is 1. The number of methoxy groups -OCH3 is 1. The summed E-state index contributed by atoms with van der Waals surface area (Å²) in [6.45, 7) is 3.11. The first kappa shape index (κ1) is 34.5. The number of anilines is 1. The molecule has 1 aliphatic carbocycles. The van der Waals surface area contributed by atoms with Crippen LogP contribution in [-0.4, -0.2) is 50.9 Å². The molecular formula is C38H43N3O6S. The van der Waals surface area contributed by atoms with Gasteiger partial charge in [0.2, 0.25) is 11.8 Å². The number of hydrogen-bond acceptors (Lipinski definition) is 6. The molecule has 252 valence electrons. The van der Waals surface area contributed by atoms with Crippen LogP contribution in [0.4, 0.5) is 5.69 Å². The quantitative estimate of drug-likeness (QED) is 0.167. The van der Waals surface area contributed by atoms with Crippen LogP contribution in [0.2, 0.25) is 0 Å². The van der Waals surface area contributed by atoms with Crippen molar-refractivity contribution in [1.29, 1.82) is 0 Å². The van der Waals surface area contributed by atoms with Gasteiger partial charge in [0.15, 0.2) is 0 Å². The molecular weight excluding hydrogens is 627 g/mol. The lowest BCUT2D eigenvalue weighted by molar-refractivity contribution is -0.139. The largest absolute Gasteiger partial charge is 0.497 e. The highest BCUT2D eigenvalue weighted by atomic mass is 32.2. The summed E-state index contributed by atoms with van der Waals surface area (Å²) in [4.78, 5) is 29.4. The number of nitrogens with zero attached hydrogens (tertiary/aromatic N) is 2. The van der Waals surface area contributed by atoms with Crippen LogP contribution in [0.25, 0.3) is 0 Å². The number of amides is 2. The van der Waals surface area contributed by atoms with Crippen LogP contribution < -0.4 is 19.1 Å². The van der Waals surface area contributed by atoms with Gasteiger partial charge in [0.25, 0.3) is 10.0 Å². The van der Waals surface area contributed by atoms with E-state index < -0.39 is 28.5 Å². The monoisotopic (exact) mass is 669 g/mol. The minimum atomic E-state index is -4.20. The summed E-state index contributed by atoms with van der Waals surface area (Å²) in [5.74, 6) is 0.966. The van der Waals surface area contributed by atoms with Crippen molar-refractivity contribution in [3.05, 3.63) is 114 Å². The maximum Gasteiger partial charge on any atom is 0.264 e. The molecule has 1 saturated carbocycles. The molecule has 1 unspecified atom stereocenters. The van der Waals surface area contributed by atoms with Crippen LogP contribution in [0, 0.1) is 6.92 Å². The summed E-state index contributed by atoms with van der Waals surface area (Å²) in [6, 6.07) is 28.8. The molecule has 0 heterocycles. The molecule has 48 heavy (non-hydrogen) atoms. The predicted octanol–water partition coefficient (Wildman–Crippen LogP) is 6.86. The Balaban J connectivity index is 1.47. The molecule has 4 aromatic rings. The van der Waals surface area contributed by atoms with E-state index in [1.54, 1.807) is 62.6 Å². The molecule has 2 amide bonds. The van der Waals surface area contributed by atoms with Gasteiger partial charge in [-0.3, -0.25) is 13.9 Å². The van der Waals surface area contributed by atoms with Crippen molar-refractivity contribution in [2.75, 3.05) is 18.0 Å². The van der Waals surface area contributed by atoms with Crippen molar-refractivity contribution in [2.24, 2.45) is 0 Å². The average molecular weight is 670 g/mol. The minimum absolute atomic E-state index is 0.0490. The van der Waals surface area contributed by atoms with E-state index in [2.05, 4.69) is 5.32 Å². The van der Waals surface area contributed by atoms with E-state index in [4.69, 9.17) is 9.47 Å². The van der Waals surface area contributed by atoms with Crippen molar-refractivity contribution in [3.63, 3.8) is 0 Å². The van der Waals surface area contributed by atoms with Gasteiger partial charge in [-0.2, -0.15) is 0 Å². The van der Waals surface area contributed by atoms with Gasteiger partial charge in [0, 0.05) is 12.6 Å². The first-order valence-corrected chi connectivity index (χ1v) is 17.7. The van der Waals surface area contributed by atoms with Crippen molar-refractivity contribution in [2.45, 2.75) is 69.5 Å². The first-order chi connectivity index (χ1) is 23.1. The Morgan fingerprint density at radius 2 is 1.48 bits per heavy atom. The number of sulfonamides is 1. The highest BCUT2D eigenvalue weighted by Crippen LogP contribution is 2.29. The summed E-state index contributed by atoms with van der Waals surface area (Å²) in [5, 5.41) is 3.13. The van der Waals surface area contributed by atoms with Crippen LogP contribution in [0.5, 0.6) is 17.2 Å². The van der Waals surface area contributed by atoms with Gasteiger partial charge in [0.05, 0.1) is 17.7 Å². The van der Waals surface area contributed by atoms with Gasteiger partial charge in [0.1, 0.15) is 29.8 Å². The Morgan fingerprint density at radius 1 is 0.833 bits per heavy atom. The number of benzene rings is 4. The van der Waals surface area contributed by atoms with E-state index in [1.807, 2.05) is 49.4 Å². The standard InChI is InChI=1S/C38H43N3O6S/c1-28-17-23-36(24-18-28)48(44,45)41(32-19-21-34(22-20-32)47-33-14-8-5-9-15-33)27-37(42)40(26-30-11-10-16-35(25-30)46-3)29(2)38(43)39-31-12-6-4-7-13-31/h5,8-11,14-25,29,31H,4,6-7,12-13,26-27H2,1-3H3,(H,39,43). The Labute approximate surface area is 283 Å². The van der Waals surface area contributed by atoms with E-state index >= 15 is 0 Å². The van der Waals surface area contributed by atoms with Gasteiger partial charge in [-0.25, -0.2) is 8.42 Å². The summed E-state index contributed by atoms with van der Waals surface area (Å²) >= 11 is 0. The fourth-order valence-electron chi connectivity index (χ4n) is 5.79. The van der Waals surface area contributed by atoms with E-state index in [1.165, 1.54) is 17.0 Å². The van der Waals surface area contributed by atoms with Crippen molar-refractivity contribution < 1.29 is 27.5 Å². The molecule has 5 rings (SSSR count). The Morgan fingerprint density at radius 3 is 2.15 bits per heavy atom. The van der Waals surface area contributed by atoms with E-state index in [9.17, 15) is 18.0 Å². The zero-order valence-electron chi connectivity index (χ0n) is 27.7. The molecule has 0 bridgehead atoms. The third-order valence-electron chi connectivity index (χ3n) is 8.60. The first-order valence-electron chi connectivity index (χ1n) is 16.3. The predicted molar refractivity (Wildman–Crippen MR) is 187 cm³/mol. The number of ether oxygens (including phenoxy) is 2. The average Bonchev–Trinajstić information content (AvgIpc) is 3.10. The number of hydrogen-bond donors (Lipinski definition) is 1. The van der Waals surface area contributed by atoms with Gasteiger partial charge in [-0.15, -0.1) is 0 Å². The maximum absolute atomic E-state index is 14.3. The number of carbonyl (C=O) groups excluding carboxylic acids is 2. The van der Waals surface area contributed by atoms with Gasteiger partial charge < -0.3 is 19.7 Å². The molecule has 10 heteroatoms. The molecule has 1 N–H and O–H groups in total. The van der Waals surface area contributed by atoms with Crippen LogP contribution in [0.15, 0.2) is 108 Å². The number of para-hydroxylation sites is 1. The van der Waals surface area contributed by atoms with Crippen molar-refractivity contribution >= 4 is 27.5 Å². The summed E-state index contributed by atoms with van der Waals surface area (Å²) in [5.41, 5.74) is 1.93. The minimum Gasteiger partial charge on any atom is -0.497 e. The summed E-state index contributed by atoms with van der Waals surface area (Å²) < 4.78 is 40.8. The number of rotatable bonds is 13. The lowest BCUT2D eigenvalue weighted by Crippen LogP contribution is -2.53. The van der Waals surface area contributed by atoms with Crippen LogP contribution in [0.1, 0.15) is 50.2 Å². The second-order valence-corrected chi connectivity index (χ2v) is 14.0. The van der Waals surface area contributed by atoms with Gasteiger partial charge in [-0.05, 0) is 92.9 Å². The second kappa shape index (κ2) is 15.8. The molecule has 1 atom stereocenters. The van der Waals surface area contributed by atoms with Crippen LogP contribution in [-0.2, 0) is 26.2 Å². The lowest BCUT2D eigenvalue weighted by Gasteiger charge is -2.33. The zero-order valence-corrected chi connectivity index (χ0v) is 28.5. The molecule has 9 nitrogen and oxygen atoms in total. The third-order valence-corrected chi connectivity index (χ3v) is 10.4. The fourth-order valence-corrected chi connectivity index (χ4v) is 7.20. The van der Waals surface area contributed by atoms with Crippen LogP contribution >= 0.6 is 0 Å². The highest BCUT2D eigenvalue weighted by Gasteiger charge is 2.33. The fraction of sp³-hybridized carbons (Fsp3) is 0.316. The van der Waals surface area contributed by atoms with E-state index in [0.29, 0.717) is 17.2 Å². The molecule has 0 aromatic heterocycles. The maximum atomic E-state index is 14.3. The molecule has 0 aliphatic heterocycles. The summed E-state index contributed by atoms with van der Waals surface area (Å²) in [7, 11) is -2.64. The molecule has 0 spiro atoms. The van der Waals surface area contributed by atoms with Crippen LogP contribution in [0.3, 0.4) is 0 Å². The van der Waals surface area contributed by atoms with E-state index in [-0.39, 0.29) is 29.1 Å². The van der Waals surface area contributed by atoms with E-state index in [0.717, 1.165) is 47.5 Å². The normalized spacial score (nSPS) is 14.1. The Kier molecular flexibility index (Phi) is 11.4. The number of carbonyl (C=O) groups is 2. The smallest absolute Gasteiger partial charge is 0.264 e. The third kappa shape index (κ3) is 8.74. The topological polar surface area (TPSA) is 105 Å². The molecule has 4 aromatic carbocycles. The Bertz CT molecular complexity index is 1770. The van der Waals surface area contributed by atoms with Crippen molar-refractivity contribution in [1.82, 2.24) is 10.2 Å². The highest BCUT2D eigenvalue weighted by molar-refractivity contribution is 7.92. The van der Waals surface area contributed by atoms with Crippen molar-refractivity contribution in [3.8, 4) is 17.2 Å². The number of nitrogens with one attached hydrogen (secondary N) is 1. The molecule has 0 radical (unpaired) electrons. The molecule has 1 aliphatic rings.